The van der Waals surface area contributed by atoms with Crippen molar-refractivity contribution in [2.75, 3.05) is 17.7 Å². The summed E-state index contributed by atoms with van der Waals surface area (Å²) in [7, 11) is 0. The molecular weight excluding hydrogens is 244 g/mol. The van der Waals surface area contributed by atoms with Gasteiger partial charge in [0.05, 0.1) is 11.7 Å². The average Bonchev–Trinajstić information content (AvgIpc) is 2.70. The van der Waals surface area contributed by atoms with Crippen molar-refractivity contribution in [3.8, 4) is 0 Å². The Morgan fingerprint density at radius 3 is 2.94 bits per heavy atom. The van der Waals surface area contributed by atoms with E-state index in [4.69, 9.17) is 5.73 Å². The molecule has 2 aromatic rings. The first-order valence-corrected chi connectivity index (χ1v) is 7.77. The molecule has 2 aromatic heterocycles. The van der Waals surface area contributed by atoms with Crippen LogP contribution in [-0.4, -0.2) is 26.5 Å². The number of aromatic nitrogens is 3. The Bertz CT molecular complexity index is 495. The molecule has 0 saturated heterocycles. The minimum Gasteiger partial charge on any atom is -0.369 e. The van der Waals surface area contributed by atoms with E-state index in [1.54, 1.807) is 12.4 Å². The minimum absolute atomic E-state index is 0.599. The summed E-state index contributed by atoms with van der Waals surface area (Å²) in [5.41, 5.74) is 7.91. The number of imidazole rings is 1. The maximum atomic E-state index is 5.94. The summed E-state index contributed by atoms with van der Waals surface area (Å²) < 4.78 is 2.09. The number of fused-ring (bicyclic) bond motifs is 1. The van der Waals surface area contributed by atoms with Gasteiger partial charge in [0, 0.05) is 12.7 Å². The molecule has 0 unspecified atom stereocenters. The van der Waals surface area contributed by atoms with Gasteiger partial charge in [-0.05, 0) is 30.9 Å². The maximum absolute atomic E-state index is 5.94. The number of hydrogen-bond acceptors (Lipinski definition) is 4. The van der Waals surface area contributed by atoms with E-state index in [0.29, 0.717) is 5.95 Å². The summed E-state index contributed by atoms with van der Waals surface area (Å²) in [6.45, 7) is 0.950. The molecule has 0 aromatic carbocycles. The Balaban J connectivity index is 1.89. The summed E-state index contributed by atoms with van der Waals surface area (Å²) in [6.07, 6.45) is 10.7. The third-order valence-electron chi connectivity index (χ3n) is 3.06. The highest BCUT2D eigenvalue weighted by molar-refractivity contribution is 7.98. The smallest absolute Gasteiger partial charge is 0.201 e. The molecule has 98 valence electrons. The monoisotopic (exact) mass is 264 g/mol. The van der Waals surface area contributed by atoms with Gasteiger partial charge in [0.15, 0.2) is 0 Å². The van der Waals surface area contributed by atoms with Crippen LogP contribution in [0.1, 0.15) is 25.7 Å². The zero-order valence-corrected chi connectivity index (χ0v) is 11.6. The Kier molecular flexibility index (Phi) is 4.87. The third-order valence-corrected chi connectivity index (χ3v) is 3.76. The van der Waals surface area contributed by atoms with Crippen LogP contribution in [0.25, 0.3) is 11.0 Å². The van der Waals surface area contributed by atoms with E-state index in [2.05, 4.69) is 20.8 Å². The van der Waals surface area contributed by atoms with Gasteiger partial charge in [-0.15, -0.1) is 0 Å². The second-order valence-corrected chi connectivity index (χ2v) is 5.38. The lowest BCUT2D eigenvalue weighted by Gasteiger charge is -2.06. The first-order valence-electron chi connectivity index (χ1n) is 6.37. The van der Waals surface area contributed by atoms with Crippen molar-refractivity contribution >= 4 is 28.7 Å². The number of nitrogens with two attached hydrogens (primary N) is 1. The fraction of sp³-hybridized carbons (Fsp3) is 0.538. The molecule has 5 heteroatoms. The Labute approximate surface area is 112 Å². The molecule has 0 saturated carbocycles. The van der Waals surface area contributed by atoms with Crippen LogP contribution in [0.5, 0.6) is 0 Å². The molecule has 4 nitrogen and oxygen atoms in total. The fourth-order valence-electron chi connectivity index (χ4n) is 2.11. The molecule has 0 aliphatic heterocycles. The second kappa shape index (κ2) is 6.64. The number of thioether (sulfide) groups is 1. The van der Waals surface area contributed by atoms with Crippen LogP contribution >= 0.6 is 11.8 Å². The highest BCUT2D eigenvalue weighted by Crippen LogP contribution is 2.17. The van der Waals surface area contributed by atoms with Crippen LogP contribution < -0.4 is 5.73 Å². The van der Waals surface area contributed by atoms with Crippen LogP contribution in [0.4, 0.5) is 5.95 Å². The van der Waals surface area contributed by atoms with Crippen molar-refractivity contribution in [2.45, 2.75) is 32.2 Å². The van der Waals surface area contributed by atoms with Crippen molar-refractivity contribution in [1.82, 2.24) is 14.5 Å². The van der Waals surface area contributed by atoms with Gasteiger partial charge in [-0.1, -0.05) is 12.8 Å². The molecule has 0 radical (unpaired) electrons. The van der Waals surface area contributed by atoms with Gasteiger partial charge in [0.25, 0.3) is 0 Å². The van der Waals surface area contributed by atoms with E-state index in [9.17, 15) is 0 Å². The first-order chi connectivity index (χ1) is 8.83. The summed E-state index contributed by atoms with van der Waals surface area (Å²) in [6, 6.07) is 1.98. The van der Waals surface area contributed by atoms with Gasteiger partial charge < -0.3 is 10.3 Å². The van der Waals surface area contributed by atoms with Crippen LogP contribution in [0.15, 0.2) is 18.5 Å². The SMILES string of the molecule is CSCCCCCCn1c(N)nc2cnccc21. The van der Waals surface area contributed by atoms with Gasteiger partial charge in [0.1, 0.15) is 5.52 Å². The predicted molar refractivity (Wildman–Crippen MR) is 78.8 cm³/mol. The predicted octanol–water partition coefficient (Wildman–Crippen LogP) is 2.94. The number of pyridine rings is 1. The Hall–Kier alpha value is -1.23. The highest BCUT2D eigenvalue weighted by Gasteiger charge is 2.06. The maximum Gasteiger partial charge on any atom is 0.201 e. The number of aryl methyl sites for hydroxylation is 1. The lowest BCUT2D eigenvalue weighted by Crippen LogP contribution is -2.03. The molecule has 0 aliphatic carbocycles. The molecular formula is C13H20N4S. The number of hydrogen-bond donors (Lipinski definition) is 1. The van der Waals surface area contributed by atoms with Crippen LogP contribution in [0.2, 0.25) is 0 Å². The minimum atomic E-state index is 0.599. The van der Waals surface area contributed by atoms with E-state index in [0.717, 1.165) is 24.0 Å². The van der Waals surface area contributed by atoms with Crippen LogP contribution in [0, 0.1) is 0 Å². The largest absolute Gasteiger partial charge is 0.369 e. The van der Waals surface area contributed by atoms with Crippen molar-refractivity contribution in [1.29, 1.82) is 0 Å². The molecule has 0 atom stereocenters. The van der Waals surface area contributed by atoms with Crippen LogP contribution in [-0.2, 0) is 6.54 Å². The molecule has 2 rings (SSSR count). The molecule has 18 heavy (non-hydrogen) atoms. The number of nitrogens with zero attached hydrogens (tertiary/aromatic N) is 3. The summed E-state index contributed by atoms with van der Waals surface area (Å²) in [5, 5.41) is 0. The Morgan fingerprint density at radius 2 is 2.11 bits per heavy atom. The van der Waals surface area contributed by atoms with E-state index >= 15 is 0 Å². The highest BCUT2D eigenvalue weighted by atomic mass is 32.2. The van der Waals surface area contributed by atoms with E-state index < -0.39 is 0 Å². The summed E-state index contributed by atoms with van der Waals surface area (Å²) >= 11 is 1.92. The average molecular weight is 264 g/mol. The van der Waals surface area contributed by atoms with Gasteiger partial charge in [-0.2, -0.15) is 11.8 Å². The third kappa shape index (κ3) is 3.16. The lowest BCUT2D eigenvalue weighted by molar-refractivity contribution is 0.597. The molecule has 2 heterocycles. The molecule has 0 spiro atoms. The molecule has 0 aliphatic rings. The van der Waals surface area contributed by atoms with Crippen molar-refractivity contribution in [3.05, 3.63) is 18.5 Å². The van der Waals surface area contributed by atoms with Gasteiger partial charge in [0.2, 0.25) is 5.95 Å². The van der Waals surface area contributed by atoms with E-state index in [1.165, 1.54) is 25.0 Å². The van der Waals surface area contributed by atoms with Crippen molar-refractivity contribution in [2.24, 2.45) is 0 Å². The summed E-state index contributed by atoms with van der Waals surface area (Å²) in [4.78, 5) is 8.38. The number of rotatable bonds is 7. The van der Waals surface area contributed by atoms with E-state index in [-0.39, 0.29) is 0 Å². The van der Waals surface area contributed by atoms with Crippen molar-refractivity contribution in [3.63, 3.8) is 0 Å². The number of nitrogen functional groups attached to an aromatic ring is 1. The van der Waals surface area contributed by atoms with Gasteiger partial charge in [-0.25, -0.2) is 4.98 Å². The molecule has 0 fully saturated rings. The van der Waals surface area contributed by atoms with Crippen molar-refractivity contribution < 1.29 is 0 Å². The first kappa shape index (κ1) is 13.2. The van der Waals surface area contributed by atoms with Gasteiger partial charge in [-0.3, -0.25) is 4.98 Å². The second-order valence-electron chi connectivity index (χ2n) is 4.39. The van der Waals surface area contributed by atoms with E-state index in [1.807, 2.05) is 17.8 Å². The zero-order chi connectivity index (χ0) is 12.8. The van der Waals surface area contributed by atoms with Gasteiger partial charge >= 0.3 is 0 Å². The summed E-state index contributed by atoms with van der Waals surface area (Å²) in [5.74, 6) is 1.86. The quantitative estimate of drug-likeness (QED) is 0.781. The number of unbranched alkanes of at least 4 members (excludes halogenated alkanes) is 3. The lowest BCUT2D eigenvalue weighted by atomic mass is 10.2. The molecule has 0 bridgehead atoms. The Morgan fingerprint density at radius 1 is 1.28 bits per heavy atom. The number of anilines is 1. The van der Waals surface area contributed by atoms with Crippen LogP contribution in [0.3, 0.4) is 0 Å². The fourth-order valence-corrected chi connectivity index (χ4v) is 2.60. The normalized spacial score (nSPS) is 11.2. The standard InChI is InChI=1S/C13H20N4S/c1-18-9-5-3-2-4-8-17-12-6-7-15-10-11(12)16-13(17)14/h6-7,10H,2-5,8-9H2,1H3,(H2,14,16). The molecule has 0 amide bonds. The topological polar surface area (TPSA) is 56.7 Å². The molecule has 2 N–H and O–H groups in total. The zero-order valence-electron chi connectivity index (χ0n) is 10.8.